The van der Waals surface area contributed by atoms with E-state index in [0.717, 1.165) is 10.8 Å². The van der Waals surface area contributed by atoms with E-state index in [1.165, 1.54) is 0 Å². The van der Waals surface area contributed by atoms with E-state index in [4.69, 9.17) is 16.3 Å². The number of esters is 1. The summed E-state index contributed by atoms with van der Waals surface area (Å²) in [7, 11) is 0. The van der Waals surface area contributed by atoms with Crippen molar-refractivity contribution >= 4 is 34.1 Å². The quantitative estimate of drug-likeness (QED) is 0.509. The highest BCUT2D eigenvalue weighted by Gasteiger charge is 2.12. The molecule has 0 amide bonds. The molecule has 0 saturated heterocycles. The lowest BCUT2D eigenvalue weighted by atomic mass is 10.0. The van der Waals surface area contributed by atoms with Gasteiger partial charge >= 0.3 is 5.97 Å². The minimum absolute atomic E-state index is 0.0463. The predicted octanol–water partition coefficient (Wildman–Crippen LogP) is 4.46. The Labute approximate surface area is 144 Å². The lowest BCUT2D eigenvalue weighted by molar-refractivity contribution is -0.141. The molecule has 0 aliphatic heterocycles. The van der Waals surface area contributed by atoms with Crippen LogP contribution in [0.4, 0.5) is 0 Å². The zero-order chi connectivity index (χ0) is 16.9. The number of ketones is 1. The fourth-order valence-corrected chi connectivity index (χ4v) is 2.64. The third-order valence-electron chi connectivity index (χ3n) is 3.73. The fourth-order valence-electron chi connectivity index (χ4n) is 2.44. The van der Waals surface area contributed by atoms with Crippen molar-refractivity contribution in [1.29, 1.82) is 0 Å². The number of carbonyl (C=O) groups is 2. The van der Waals surface area contributed by atoms with E-state index in [1.54, 1.807) is 36.4 Å². The number of rotatable bonds is 5. The maximum Gasteiger partial charge on any atom is 0.310 e. The second-order valence-corrected chi connectivity index (χ2v) is 5.82. The highest BCUT2D eigenvalue weighted by Crippen LogP contribution is 2.17. The van der Waals surface area contributed by atoms with E-state index < -0.39 is 5.97 Å². The van der Waals surface area contributed by atoms with Crippen molar-refractivity contribution in [2.45, 2.75) is 6.42 Å². The van der Waals surface area contributed by atoms with Crippen LogP contribution < -0.4 is 0 Å². The summed E-state index contributed by atoms with van der Waals surface area (Å²) in [5.74, 6) is -0.703. The fraction of sp³-hybridized carbons (Fsp3) is 0.100. The second kappa shape index (κ2) is 7.28. The van der Waals surface area contributed by atoms with Crippen molar-refractivity contribution in [2.24, 2.45) is 0 Å². The van der Waals surface area contributed by atoms with Gasteiger partial charge in [-0.3, -0.25) is 9.59 Å². The third-order valence-corrected chi connectivity index (χ3v) is 4.10. The van der Waals surface area contributed by atoms with Crippen LogP contribution in [0.1, 0.15) is 15.9 Å². The molecule has 4 heteroatoms. The predicted molar refractivity (Wildman–Crippen MR) is 94.4 cm³/mol. The molecule has 0 aliphatic rings. The van der Waals surface area contributed by atoms with E-state index in [0.29, 0.717) is 16.1 Å². The van der Waals surface area contributed by atoms with E-state index in [-0.39, 0.29) is 18.8 Å². The first-order valence-corrected chi connectivity index (χ1v) is 7.92. The normalized spacial score (nSPS) is 10.5. The summed E-state index contributed by atoms with van der Waals surface area (Å²) in [4.78, 5) is 24.1. The van der Waals surface area contributed by atoms with Gasteiger partial charge < -0.3 is 4.74 Å². The van der Waals surface area contributed by atoms with E-state index in [2.05, 4.69) is 0 Å². The molecule has 24 heavy (non-hydrogen) atoms. The Morgan fingerprint density at radius 2 is 1.58 bits per heavy atom. The Balaban J connectivity index is 1.62. The van der Waals surface area contributed by atoms with Crippen LogP contribution >= 0.6 is 11.6 Å². The zero-order valence-electron chi connectivity index (χ0n) is 12.9. The minimum atomic E-state index is -0.475. The van der Waals surface area contributed by atoms with Gasteiger partial charge in [0.15, 0.2) is 12.4 Å². The Morgan fingerprint density at radius 1 is 0.875 bits per heavy atom. The smallest absolute Gasteiger partial charge is 0.310 e. The van der Waals surface area contributed by atoms with Crippen LogP contribution in [0.5, 0.6) is 0 Å². The number of carbonyl (C=O) groups excluding carboxylic acids is 2. The molecular weight excluding hydrogens is 324 g/mol. The van der Waals surface area contributed by atoms with Gasteiger partial charge in [0.25, 0.3) is 0 Å². The summed E-state index contributed by atoms with van der Waals surface area (Å²) < 4.78 is 5.08. The number of hydrogen-bond donors (Lipinski definition) is 0. The monoisotopic (exact) mass is 338 g/mol. The van der Waals surface area contributed by atoms with Crippen molar-refractivity contribution in [3.05, 3.63) is 82.9 Å². The van der Waals surface area contributed by atoms with Gasteiger partial charge in [-0.25, -0.2) is 0 Å². The molecule has 0 radical (unpaired) electrons. The van der Waals surface area contributed by atoms with Gasteiger partial charge in [-0.15, -0.1) is 0 Å². The number of ether oxygens (including phenoxy) is 1. The Morgan fingerprint density at radius 3 is 2.38 bits per heavy atom. The summed E-state index contributed by atoms with van der Waals surface area (Å²) in [6, 6.07) is 20.3. The molecule has 120 valence electrons. The first-order valence-electron chi connectivity index (χ1n) is 7.54. The van der Waals surface area contributed by atoms with Crippen molar-refractivity contribution in [1.82, 2.24) is 0 Å². The number of halogens is 1. The van der Waals surface area contributed by atoms with Gasteiger partial charge in [-0.1, -0.05) is 66.2 Å². The second-order valence-electron chi connectivity index (χ2n) is 5.41. The molecule has 3 aromatic carbocycles. The molecule has 0 atom stereocenters. The molecule has 0 aliphatic carbocycles. The van der Waals surface area contributed by atoms with Crippen molar-refractivity contribution < 1.29 is 14.3 Å². The number of benzene rings is 3. The van der Waals surface area contributed by atoms with Crippen molar-refractivity contribution in [3.8, 4) is 0 Å². The Hall–Kier alpha value is -2.65. The van der Waals surface area contributed by atoms with Crippen LogP contribution in [-0.2, 0) is 16.0 Å². The Bertz CT molecular complexity index is 902. The lowest BCUT2D eigenvalue weighted by Gasteiger charge is -2.06. The van der Waals surface area contributed by atoms with Crippen LogP contribution in [0.2, 0.25) is 5.02 Å². The van der Waals surface area contributed by atoms with Gasteiger partial charge in [-0.05, 0) is 28.5 Å². The molecule has 0 aromatic heterocycles. The largest absolute Gasteiger partial charge is 0.457 e. The Kier molecular flexibility index (Phi) is 4.92. The molecule has 3 rings (SSSR count). The maximum atomic E-state index is 12.2. The van der Waals surface area contributed by atoms with E-state index in [1.807, 2.05) is 30.3 Å². The van der Waals surface area contributed by atoms with Crippen LogP contribution in [-0.4, -0.2) is 18.4 Å². The van der Waals surface area contributed by atoms with Crippen LogP contribution in [0.15, 0.2) is 66.7 Å². The van der Waals surface area contributed by atoms with Crippen LogP contribution in [0, 0.1) is 0 Å². The number of hydrogen-bond acceptors (Lipinski definition) is 3. The van der Waals surface area contributed by atoms with E-state index >= 15 is 0 Å². The molecule has 0 unspecified atom stereocenters. The first-order chi connectivity index (χ1) is 11.6. The summed E-state index contributed by atoms with van der Waals surface area (Å²) in [5.41, 5.74) is 1.21. The first kappa shape index (κ1) is 16.2. The summed E-state index contributed by atoms with van der Waals surface area (Å²) in [6.07, 6.45) is 0.0463. The molecular formula is C20H15ClO3. The molecule has 3 aromatic rings. The molecule has 0 saturated carbocycles. The molecule has 3 nitrogen and oxygen atoms in total. The highest BCUT2D eigenvalue weighted by atomic mass is 35.5. The van der Waals surface area contributed by atoms with Gasteiger partial charge in [-0.2, -0.15) is 0 Å². The van der Waals surface area contributed by atoms with Gasteiger partial charge in [0.1, 0.15) is 0 Å². The zero-order valence-corrected chi connectivity index (χ0v) is 13.6. The number of Topliss-reactive ketones (excluding diaryl/α,β-unsaturated/α-hetero) is 1. The molecule has 0 bridgehead atoms. The standard InChI is InChI=1S/C20H15ClO3/c21-18-8-4-3-7-16(18)12-20(23)24-13-19(22)17-10-9-14-5-1-2-6-15(14)11-17/h1-11H,12-13H2. The topological polar surface area (TPSA) is 43.4 Å². The molecule has 0 spiro atoms. The summed E-state index contributed by atoms with van der Waals surface area (Å²) >= 11 is 6.01. The van der Waals surface area contributed by atoms with Crippen molar-refractivity contribution in [2.75, 3.05) is 6.61 Å². The SMILES string of the molecule is O=C(Cc1ccccc1Cl)OCC(=O)c1ccc2ccccc2c1. The molecule has 0 heterocycles. The highest BCUT2D eigenvalue weighted by molar-refractivity contribution is 6.31. The van der Waals surface area contributed by atoms with Gasteiger partial charge in [0, 0.05) is 10.6 Å². The molecule has 0 N–H and O–H groups in total. The summed E-state index contributed by atoms with van der Waals surface area (Å²) in [5, 5.41) is 2.55. The van der Waals surface area contributed by atoms with Crippen molar-refractivity contribution in [3.63, 3.8) is 0 Å². The van der Waals surface area contributed by atoms with Crippen LogP contribution in [0.25, 0.3) is 10.8 Å². The van der Waals surface area contributed by atoms with Gasteiger partial charge in [0.05, 0.1) is 6.42 Å². The number of fused-ring (bicyclic) bond motifs is 1. The average Bonchev–Trinajstić information content (AvgIpc) is 2.61. The lowest BCUT2D eigenvalue weighted by Crippen LogP contribution is -2.15. The third kappa shape index (κ3) is 3.81. The van der Waals surface area contributed by atoms with Crippen LogP contribution in [0.3, 0.4) is 0 Å². The molecule has 0 fully saturated rings. The minimum Gasteiger partial charge on any atom is -0.457 e. The maximum absolute atomic E-state index is 12.2. The van der Waals surface area contributed by atoms with Gasteiger partial charge in [0.2, 0.25) is 0 Å². The average molecular weight is 339 g/mol. The van der Waals surface area contributed by atoms with E-state index in [9.17, 15) is 9.59 Å². The summed E-state index contributed by atoms with van der Waals surface area (Å²) in [6.45, 7) is -0.276.